The number of anilines is 1. The maximum atomic E-state index is 13.4. The van der Waals surface area contributed by atoms with Gasteiger partial charge >= 0.3 is 0 Å². The third kappa shape index (κ3) is 6.60. The van der Waals surface area contributed by atoms with Crippen LogP contribution in [0.5, 0.6) is 5.75 Å². The first kappa shape index (κ1) is 27.1. The summed E-state index contributed by atoms with van der Waals surface area (Å²) >= 11 is 0. The number of methoxy groups -OCH3 is 1. The number of pyridine rings is 1. The summed E-state index contributed by atoms with van der Waals surface area (Å²) in [5, 5.41) is 2.84. The Kier molecular flexibility index (Phi) is 9.41. The molecular weight excluding hydrogens is 460 g/mol. The van der Waals surface area contributed by atoms with Gasteiger partial charge in [-0.25, -0.2) is 0 Å². The van der Waals surface area contributed by atoms with E-state index in [9.17, 15) is 14.4 Å². The largest absolute Gasteiger partial charge is 0.491 e. The lowest BCUT2D eigenvalue weighted by Crippen LogP contribution is -2.48. The van der Waals surface area contributed by atoms with Crippen molar-refractivity contribution in [3.05, 3.63) is 53.9 Å². The van der Waals surface area contributed by atoms with E-state index < -0.39 is 0 Å². The predicted molar refractivity (Wildman–Crippen MR) is 137 cm³/mol. The van der Waals surface area contributed by atoms with Gasteiger partial charge in [-0.15, -0.1) is 0 Å². The lowest BCUT2D eigenvalue weighted by molar-refractivity contribution is -0.116. The van der Waals surface area contributed by atoms with Crippen molar-refractivity contribution >= 4 is 23.4 Å². The molecule has 9 heteroatoms. The van der Waals surface area contributed by atoms with Crippen LogP contribution in [0.15, 0.2) is 42.7 Å². The monoisotopic (exact) mass is 496 g/mol. The van der Waals surface area contributed by atoms with Crippen LogP contribution >= 0.6 is 0 Å². The number of nitrogens with zero attached hydrogens (tertiary/aromatic N) is 3. The molecule has 3 rings (SSSR count). The maximum Gasteiger partial charge on any atom is 0.257 e. The summed E-state index contributed by atoms with van der Waals surface area (Å²) in [6.07, 6.45) is 4.01. The van der Waals surface area contributed by atoms with Crippen molar-refractivity contribution in [1.29, 1.82) is 0 Å². The van der Waals surface area contributed by atoms with Crippen molar-refractivity contribution < 1.29 is 23.9 Å². The molecule has 0 aliphatic carbocycles. The summed E-state index contributed by atoms with van der Waals surface area (Å²) < 4.78 is 11.9. The Morgan fingerprint density at radius 1 is 1.22 bits per heavy atom. The zero-order chi connectivity index (χ0) is 26.2. The van der Waals surface area contributed by atoms with Gasteiger partial charge in [0.1, 0.15) is 12.4 Å². The number of hydrogen-bond acceptors (Lipinski definition) is 6. The number of ether oxygens (including phenoxy) is 2. The van der Waals surface area contributed by atoms with Gasteiger partial charge < -0.3 is 24.6 Å². The van der Waals surface area contributed by atoms with Crippen molar-refractivity contribution in [3.63, 3.8) is 0 Å². The molecule has 2 heterocycles. The fourth-order valence-electron chi connectivity index (χ4n) is 4.24. The highest BCUT2D eigenvalue weighted by molar-refractivity contribution is 5.99. The zero-order valence-corrected chi connectivity index (χ0v) is 21.7. The number of benzene rings is 1. The Labute approximate surface area is 212 Å². The molecule has 0 spiro atoms. The molecule has 194 valence electrons. The van der Waals surface area contributed by atoms with E-state index in [2.05, 4.69) is 10.3 Å². The minimum absolute atomic E-state index is 0.0631. The summed E-state index contributed by atoms with van der Waals surface area (Å²) in [5.41, 5.74) is 1.37. The van der Waals surface area contributed by atoms with Gasteiger partial charge in [0.25, 0.3) is 11.8 Å². The Morgan fingerprint density at radius 2 is 2.00 bits per heavy atom. The molecule has 9 nitrogen and oxygen atoms in total. The van der Waals surface area contributed by atoms with Crippen LogP contribution in [-0.4, -0.2) is 78.5 Å². The van der Waals surface area contributed by atoms with Crippen LogP contribution < -0.4 is 10.1 Å². The highest BCUT2D eigenvalue weighted by Gasteiger charge is 2.31. The Bertz CT molecular complexity index is 1060. The van der Waals surface area contributed by atoms with Crippen molar-refractivity contribution in [3.8, 4) is 5.75 Å². The highest BCUT2D eigenvalue weighted by atomic mass is 16.5. The van der Waals surface area contributed by atoms with Gasteiger partial charge in [-0.2, -0.15) is 0 Å². The van der Waals surface area contributed by atoms with Crippen LogP contribution in [0.25, 0.3) is 0 Å². The van der Waals surface area contributed by atoms with Crippen LogP contribution in [0.4, 0.5) is 5.69 Å². The summed E-state index contributed by atoms with van der Waals surface area (Å²) in [4.78, 5) is 46.4. The van der Waals surface area contributed by atoms with Gasteiger partial charge in [-0.3, -0.25) is 19.4 Å². The quantitative estimate of drug-likeness (QED) is 0.680. The van der Waals surface area contributed by atoms with Gasteiger partial charge in [-0.05, 0) is 43.7 Å². The van der Waals surface area contributed by atoms with Crippen LogP contribution in [-0.2, 0) is 9.53 Å². The summed E-state index contributed by atoms with van der Waals surface area (Å²) in [5.74, 6) is -0.159. The van der Waals surface area contributed by atoms with Crippen LogP contribution in [0.1, 0.15) is 54.3 Å². The van der Waals surface area contributed by atoms with E-state index in [1.807, 2.05) is 20.8 Å². The number of carbonyl (C=O) groups is 3. The number of likely N-dealkylation sites (N-methyl/N-ethyl adjacent to an activating group) is 1. The second-order valence-corrected chi connectivity index (χ2v) is 9.31. The molecule has 1 aromatic heterocycles. The number of fused-ring (bicyclic) bond motifs is 1. The molecule has 3 amide bonds. The first-order valence-electron chi connectivity index (χ1n) is 12.3. The molecule has 2 aromatic rings. The van der Waals surface area contributed by atoms with Gasteiger partial charge in [0.15, 0.2) is 0 Å². The summed E-state index contributed by atoms with van der Waals surface area (Å²) in [6.45, 7) is 6.79. The molecule has 0 unspecified atom stereocenters. The number of amides is 3. The fraction of sp³-hybridized carbons (Fsp3) is 0.481. The average Bonchev–Trinajstić information content (AvgIpc) is 2.88. The number of nitrogens with one attached hydrogen (secondary N) is 1. The lowest BCUT2D eigenvalue weighted by atomic mass is 10.0. The molecule has 0 saturated carbocycles. The molecule has 1 N–H and O–H groups in total. The molecule has 1 aromatic carbocycles. The van der Waals surface area contributed by atoms with E-state index in [1.54, 1.807) is 66.7 Å². The van der Waals surface area contributed by atoms with Crippen molar-refractivity contribution in [2.45, 2.75) is 45.8 Å². The molecule has 1 aliphatic rings. The summed E-state index contributed by atoms with van der Waals surface area (Å²) in [7, 11) is 3.32. The molecule has 0 saturated heterocycles. The first-order chi connectivity index (χ1) is 17.2. The fourth-order valence-corrected chi connectivity index (χ4v) is 4.24. The van der Waals surface area contributed by atoms with Crippen LogP contribution in [0, 0.1) is 5.92 Å². The Hall–Kier alpha value is -3.46. The van der Waals surface area contributed by atoms with E-state index >= 15 is 0 Å². The first-order valence-corrected chi connectivity index (χ1v) is 12.3. The van der Waals surface area contributed by atoms with E-state index in [4.69, 9.17) is 9.47 Å². The molecule has 36 heavy (non-hydrogen) atoms. The lowest BCUT2D eigenvalue weighted by Gasteiger charge is -2.36. The normalized spacial score (nSPS) is 21.0. The molecule has 0 radical (unpaired) electrons. The number of aromatic nitrogens is 1. The molecular formula is C27H36N4O5. The predicted octanol–water partition coefficient (Wildman–Crippen LogP) is 3.47. The van der Waals surface area contributed by atoms with Crippen molar-refractivity contribution in [2.24, 2.45) is 5.92 Å². The van der Waals surface area contributed by atoms with E-state index in [0.717, 1.165) is 6.42 Å². The van der Waals surface area contributed by atoms with Crippen molar-refractivity contribution in [2.75, 3.05) is 39.2 Å². The van der Waals surface area contributed by atoms with Gasteiger partial charge in [0.05, 0.1) is 23.3 Å². The smallest absolute Gasteiger partial charge is 0.257 e. The minimum atomic E-state index is -0.299. The number of hydrogen-bond donors (Lipinski definition) is 1. The highest BCUT2D eigenvalue weighted by Crippen LogP contribution is 2.27. The topological polar surface area (TPSA) is 101 Å². The van der Waals surface area contributed by atoms with Crippen LogP contribution in [0.3, 0.4) is 0 Å². The molecule has 1 aliphatic heterocycles. The Morgan fingerprint density at radius 3 is 2.67 bits per heavy atom. The van der Waals surface area contributed by atoms with Gasteiger partial charge in [-0.1, -0.05) is 13.8 Å². The second kappa shape index (κ2) is 12.5. The second-order valence-electron chi connectivity index (χ2n) is 9.31. The number of rotatable bonds is 5. The van der Waals surface area contributed by atoms with E-state index in [0.29, 0.717) is 42.1 Å². The SMILES string of the molecule is CCCC(=O)Nc1ccc2c(c1)C(=O)N(C)C[C@H](OC)[C@@H](C)CN(C(=O)c1cccnc1)[C@H](C)CO2. The van der Waals surface area contributed by atoms with Gasteiger partial charge in [0, 0.05) is 57.7 Å². The van der Waals surface area contributed by atoms with E-state index in [1.165, 1.54) is 0 Å². The molecule has 0 fully saturated rings. The molecule has 3 atom stereocenters. The zero-order valence-electron chi connectivity index (χ0n) is 21.7. The third-order valence-corrected chi connectivity index (χ3v) is 6.37. The van der Waals surface area contributed by atoms with Crippen molar-refractivity contribution in [1.82, 2.24) is 14.8 Å². The van der Waals surface area contributed by atoms with Crippen LogP contribution in [0.2, 0.25) is 0 Å². The summed E-state index contributed by atoms with van der Waals surface area (Å²) in [6, 6.07) is 8.23. The molecule has 0 bridgehead atoms. The maximum absolute atomic E-state index is 13.4. The number of carbonyl (C=O) groups excluding carboxylic acids is 3. The minimum Gasteiger partial charge on any atom is -0.491 e. The van der Waals surface area contributed by atoms with Gasteiger partial charge in [0.2, 0.25) is 5.91 Å². The third-order valence-electron chi connectivity index (χ3n) is 6.37. The Balaban J connectivity index is 1.96. The average molecular weight is 497 g/mol. The standard InChI is InChI=1S/C27H36N4O5/c1-6-8-25(32)29-21-10-11-23-22(13-21)27(34)30(4)16-24(35-5)18(2)15-31(19(3)17-36-23)26(33)20-9-7-12-28-14-20/h7,9-14,18-19,24H,6,8,15-17H2,1-5H3,(H,29,32)/t18-,19+,24-/m0/s1. The van der Waals surface area contributed by atoms with E-state index in [-0.39, 0.29) is 42.4 Å².